The normalized spacial score (nSPS) is 12.9. The van der Waals surface area contributed by atoms with E-state index in [0.717, 1.165) is 57.1 Å². The van der Waals surface area contributed by atoms with Gasteiger partial charge in [0.1, 0.15) is 6.61 Å². The number of phosphoric acid groups is 1. The summed E-state index contributed by atoms with van der Waals surface area (Å²) in [6.45, 7) is 8.40. The summed E-state index contributed by atoms with van der Waals surface area (Å²) < 4.78 is 33.9. The Morgan fingerprint density at radius 1 is 0.548 bits per heavy atom. The Labute approximate surface area is 381 Å². The van der Waals surface area contributed by atoms with Gasteiger partial charge in [-0.05, 0) is 39.8 Å². The summed E-state index contributed by atoms with van der Waals surface area (Å²) in [4.78, 5) is 50.0. The molecule has 0 aromatic carbocycles. The molecule has 1 amide bonds. The third kappa shape index (κ3) is 44.8. The number of phosphoric ester groups is 1. The molecular formula is C50H97N2O9P. The monoisotopic (exact) mass is 901 g/mol. The van der Waals surface area contributed by atoms with Gasteiger partial charge >= 0.3 is 19.8 Å². The highest BCUT2D eigenvalue weighted by Gasteiger charge is 2.26. The van der Waals surface area contributed by atoms with E-state index in [2.05, 4.69) is 30.6 Å². The molecular weight excluding hydrogens is 804 g/mol. The fourth-order valence-corrected chi connectivity index (χ4v) is 8.10. The van der Waals surface area contributed by atoms with Crippen molar-refractivity contribution in [2.45, 2.75) is 245 Å². The molecule has 1 unspecified atom stereocenters. The lowest BCUT2D eigenvalue weighted by Gasteiger charge is -2.20. The van der Waals surface area contributed by atoms with E-state index >= 15 is 0 Å². The molecule has 0 radical (unpaired) electrons. The molecule has 0 saturated carbocycles. The number of hydrogen-bond acceptors (Lipinski definition) is 9. The first kappa shape index (κ1) is 60.2. The summed E-state index contributed by atoms with van der Waals surface area (Å²) in [5.74, 6) is -1.07. The molecule has 12 heteroatoms. The number of nitrogens with zero attached hydrogens (tertiary/aromatic N) is 1. The van der Waals surface area contributed by atoms with Crippen molar-refractivity contribution in [1.29, 1.82) is 0 Å². The minimum absolute atomic E-state index is 0.0194. The van der Waals surface area contributed by atoms with Crippen LogP contribution in [0.1, 0.15) is 239 Å². The van der Waals surface area contributed by atoms with Gasteiger partial charge in [0.05, 0.1) is 13.2 Å². The average molecular weight is 901 g/mol. The van der Waals surface area contributed by atoms with Crippen LogP contribution in [-0.4, -0.2) is 80.7 Å². The highest BCUT2D eigenvalue weighted by molar-refractivity contribution is 7.47. The average Bonchev–Trinajstić information content (AvgIpc) is 3.24. The number of esters is 2. The highest BCUT2D eigenvalue weighted by Crippen LogP contribution is 2.43. The minimum atomic E-state index is -4.55. The van der Waals surface area contributed by atoms with Crippen LogP contribution < -0.4 is 5.32 Å². The molecule has 0 saturated heterocycles. The Morgan fingerprint density at radius 2 is 0.952 bits per heavy atom. The van der Waals surface area contributed by atoms with Gasteiger partial charge in [-0.25, -0.2) is 4.57 Å². The standard InChI is InChI=1S/C50H97N2O9P/c1-6-8-10-12-14-16-18-20-22-24-26-28-30-32-34-36-49(54)58-44-47(45-60-62(56,57)59-43-41-51-48(53)39-38-46(3)40-42-52(4)5)61-50(55)37-35-33-31-29-27-25-23-21-19-17-15-13-11-9-7-2/h47H,3,6-45H2,1-2,4-5H3,(H,51,53)(H,56,57)/t47-/m1/s1. The van der Waals surface area contributed by atoms with E-state index in [1.807, 2.05) is 14.1 Å². The number of amides is 1. The molecule has 0 bridgehead atoms. The third-order valence-corrected chi connectivity index (χ3v) is 12.4. The van der Waals surface area contributed by atoms with Gasteiger partial charge < -0.3 is 24.6 Å². The molecule has 0 aromatic heterocycles. The van der Waals surface area contributed by atoms with Crippen molar-refractivity contribution in [3.63, 3.8) is 0 Å². The van der Waals surface area contributed by atoms with E-state index in [-0.39, 0.29) is 44.9 Å². The van der Waals surface area contributed by atoms with E-state index in [0.29, 0.717) is 12.8 Å². The van der Waals surface area contributed by atoms with Crippen LogP contribution in [0.4, 0.5) is 0 Å². The van der Waals surface area contributed by atoms with Crippen LogP contribution in [0.5, 0.6) is 0 Å². The zero-order chi connectivity index (χ0) is 45.8. The first-order valence-corrected chi connectivity index (χ1v) is 27.0. The molecule has 0 heterocycles. The van der Waals surface area contributed by atoms with E-state index < -0.39 is 32.5 Å². The number of rotatable bonds is 48. The van der Waals surface area contributed by atoms with E-state index in [9.17, 15) is 23.8 Å². The van der Waals surface area contributed by atoms with Crippen LogP contribution in [0.15, 0.2) is 12.2 Å². The molecule has 11 nitrogen and oxygen atoms in total. The van der Waals surface area contributed by atoms with Crippen molar-refractivity contribution >= 4 is 25.7 Å². The molecule has 0 aliphatic carbocycles. The third-order valence-electron chi connectivity index (χ3n) is 11.4. The molecule has 0 spiro atoms. The van der Waals surface area contributed by atoms with Gasteiger partial charge in [0.25, 0.3) is 0 Å². The van der Waals surface area contributed by atoms with Gasteiger partial charge in [-0.3, -0.25) is 23.4 Å². The molecule has 0 aliphatic rings. The van der Waals surface area contributed by atoms with Crippen LogP contribution in [-0.2, 0) is 37.5 Å². The van der Waals surface area contributed by atoms with Gasteiger partial charge in [0.2, 0.25) is 5.91 Å². The number of unbranched alkanes of at least 4 members (excludes halogenated alkanes) is 28. The van der Waals surface area contributed by atoms with Gasteiger partial charge in [0.15, 0.2) is 6.10 Å². The molecule has 2 atom stereocenters. The van der Waals surface area contributed by atoms with Crippen LogP contribution in [0.25, 0.3) is 0 Å². The van der Waals surface area contributed by atoms with E-state index in [1.165, 1.54) is 148 Å². The summed E-state index contributed by atoms with van der Waals surface area (Å²) in [6.07, 6.45) is 38.0. The zero-order valence-corrected chi connectivity index (χ0v) is 41.6. The second-order valence-corrected chi connectivity index (χ2v) is 19.4. The SMILES string of the molecule is C=C(CCC(=O)NCCOP(=O)(O)OC[C@@H](COC(=O)CCCCCCCCCCCCCCCCC)OC(=O)CCCCCCCCCCCCCCCCC)CCN(C)C. The zero-order valence-electron chi connectivity index (χ0n) is 40.7. The highest BCUT2D eigenvalue weighted by atomic mass is 31.2. The summed E-state index contributed by atoms with van der Waals surface area (Å²) in [5.41, 5.74) is 0.985. The van der Waals surface area contributed by atoms with Crippen LogP contribution in [0, 0.1) is 0 Å². The topological polar surface area (TPSA) is 141 Å². The van der Waals surface area contributed by atoms with Crippen molar-refractivity contribution in [3.05, 3.63) is 12.2 Å². The molecule has 0 aliphatic heterocycles. The molecule has 0 rings (SSSR count). The largest absolute Gasteiger partial charge is 0.472 e. The summed E-state index contributed by atoms with van der Waals surface area (Å²) in [7, 11) is -0.584. The first-order valence-electron chi connectivity index (χ1n) is 25.5. The molecule has 2 N–H and O–H groups in total. The number of carbonyl (C=O) groups is 3. The number of carbonyl (C=O) groups excluding carboxylic acids is 3. The van der Waals surface area contributed by atoms with Crippen LogP contribution >= 0.6 is 7.82 Å². The Kier molecular flexibility index (Phi) is 43.1. The van der Waals surface area contributed by atoms with Gasteiger partial charge in [-0.1, -0.05) is 206 Å². The predicted octanol–water partition coefficient (Wildman–Crippen LogP) is 13.5. The molecule has 62 heavy (non-hydrogen) atoms. The lowest BCUT2D eigenvalue weighted by Crippen LogP contribution is -2.30. The molecule has 0 aromatic rings. The fraction of sp³-hybridized carbons (Fsp3) is 0.900. The lowest BCUT2D eigenvalue weighted by molar-refractivity contribution is -0.161. The summed E-state index contributed by atoms with van der Waals surface area (Å²) in [5, 5.41) is 2.67. The van der Waals surface area contributed by atoms with Gasteiger partial charge in [-0.2, -0.15) is 0 Å². The second-order valence-electron chi connectivity index (χ2n) is 17.9. The molecule has 366 valence electrons. The van der Waals surface area contributed by atoms with Crippen molar-refractivity contribution in [1.82, 2.24) is 10.2 Å². The van der Waals surface area contributed by atoms with Crippen LogP contribution in [0.2, 0.25) is 0 Å². The number of hydrogen-bond donors (Lipinski definition) is 2. The van der Waals surface area contributed by atoms with Crippen molar-refractivity contribution in [2.24, 2.45) is 0 Å². The van der Waals surface area contributed by atoms with E-state index in [1.54, 1.807) is 0 Å². The Hall–Kier alpha value is -1.78. The first-order chi connectivity index (χ1) is 30.0. The summed E-state index contributed by atoms with van der Waals surface area (Å²) >= 11 is 0. The lowest BCUT2D eigenvalue weighted by atomic mass is 10.0. The van der Waals surface area contributed by atoms with Crippen molar-refractivity contribution < 1.29 is 42.4 Å². The van der Waals surface area contributed by atoms with Crippen LogP contribution in [0.3, 0.4) is 0 Å². The summed E-state index contributed by atoms with van der Waals surface area (Å²) in [6, 6.07) is 0. The Bertz CT molecular complexity index is 1120. The quantitative estimate of drug-likeness (QED) is 0.0262. The second kappa shape index (κ2) is 44.4. The maximum atomic E-state index is 12.8. The smallest absolute Gasteiger partial charge is 0.462 e. The van der Waals surface area contributed by atoms with Gasteiger partial charge in [-0.15, -0.1) is 0 Å². The predicted molar refractivity (Wildman–Crippen MR) is 256 cm³/mol. The maximum absolute atomic E-state index is 12.8. The Balaban J connectivity index is 4.54. The Morgan fingerprint density at radius 3 is 1.37 bits per heavy atom. The maximum Gasteiger partial charge on any atom is 0.472 e. The molecule has 0 fully saturated rings. The number of nitrogens with one attached hydrogen (secondary N) is 1. The van der Waals surface area contributed by atoms with Crippen molar-refractivity contribution in [2.75, 3.05) is 47.0 Å². The van der Waals surface area contributed by atoms with Crippen molar-refractivity contribution in [3.8, 4) is 0 Å². The van der Waals surface area contributed by atoms with E-state index in [4.69, 9.17) is 18.5 Å². The minimum Gasteiger partial charge on any atom is -0.462 e. The van der Waals surface area contributed by atoms with Gasteiger partial charge in [0, 0.05) is 32.4 Å². The number of ether oxygens (including phenoxy) is 2. The fourth-order valence-electron chi connectivity index (χ4n) is 7.35.